The van der Waals surface area contributed by atoms with Crippen molar-refractivity contribution in [3.63, 3.8) is 0 Å². The topological polar surface area (TPSA) is 36.3 Å². The van der Waals surface area contributed by atoms with Crippen molar-refractivity contribution in [2.24, 2.45) is 0 Å². The lowest BCUT2D eigenvalue weighted by Crippen LogP contribution is -2.36. The minimum atomic E-state index is -0.581. The van der Waals surface area contributed by atoms with Crippen LogP contribution in [0, 0.1) is 0 Å². The molecule has 2 unspecified atom stereocenters. The van der Waals surface area contributed by atoms with Crippen LogP contribution in [0.25, 0.3) is 0 Å². The van der Waals surface area contributed by atoms with Crippen LogP contribution in [-0.4, -0.2) is 27.5 Å². The zero-order valence-electron chi connectivity index (χ0n) is 16.0. The molecule has 1 fully saturated rings. The molecule has 1 aliphatic heterocycles. The van der Waals surface area contributed by atoms with Crippen molar-refractivity contribution in [3.05, 3.63) is 54.1 Å². The molecule has 1 saturated heterocycles. The number of aromatic nitrogens is 2. The molecular formula is C21H30N2O2. The van der Waals surface area contributed by atoms with E-state index < -0.39 is 5.79 Å². The van der Waals surface area contributed by atoms with E-state index in [9.17, 15) is 0 Å². The molecule has 25 heavy (non-hydrogen) atoms. The number of imidazole rings is 1. The summed E-state index contributed by atoms with van der Waals surface area (Å²) in [6.07, 6.45) is 7.53. The lowest BCUT2D eigenvalue weighted by atomic mass is 9.86. The Bertz CT molecular complexity index is 661. The highest BCUT2D eigenvalue weighted by Gasteiger charge is 2.43. The largest absolute Gasteiger partial charge is 0.342 e. The Morgan fingerprint density at radius 3 is 2.24 bits per heavy atom. The highest BCUT2D eigenvalue weighted by Crippen LogP contribution is 2.34. The van der Waals surface area contributed by atoms with E-state index >= 15 is 0 Å². The standard InChI is InChI=1S/C21H30N2O2/c1-16-17(2)25-21(24-16,14-23-13-12-22-15-23)11-10-18-6-8-19(9-7-18)20(3,4)5/h6-9,12-13,15-17H,10-11,14H2,1-5H3. The molecule has 0 N–H and O–H groups in total. The molecule has 2 aromatic rings. The second kappa shape index (κ2) is 6.93. The van der Waals surface area contributed by atoms with E-state index in [4.69, 9.17) is 9.47 Å². The van der Waals surface area contributed by atoms with Gasteiger partial charge in [-0.3, -0.25) is 0 Å². The van der Waals surface area contributed by atoms with Crippen LogP contribution in [0.2, 0.25) is 0 Å². The predicted molar refractivity (Wildman–Crippen MR) is 99.5 cm³/mol. The molecule has 2 heterocycles. The van der Waals surface area contributed by atoms with Gasteiger partial charge < -0.3 is 14.0 Å². The number of benzene rings is 1. The minimum absolute atomic E-state index is 0.104. The summed E-state index contributed by atoms with van der Waals surface area (Å²) in [6, 6.07) is 8.93. The van der Waals surface area contributed by atoms with Crippen molar-refractivity contribution >= 4 is 0 Å². The quantitative estimate of drug-likeness (QED) is 0.811. The van der Waals surface area contributed by atoms with Crippen LogP contribution >= 0.6 is 0 Å². The van der Waals surface area contributed by atoms with Gasteiger partial charge in [0.15, 0.2) is 5.79 Å². The molecule has 1 aliphatic rings. The Morgan fingerprint density at radius 2 is 1.72 bits per heavy atom. The summed E-state index contributed by atoms with van der Waals surface area (Å²) in [5.74, 6) is -0.581. The normalized spacial score (nSPS) is 26.9. The minimum Gasteiger partial charge on any atom is -0.342 e. The maximum Gasteiger partial charge on any atom is 0.187 e. The lowest BCUT2D eigenvalue weighted by Gasteiger charge is -2.29. The maximum atomic E-state index is 6.26. The number of aryl methyl sites for hydroxylation is 1. The van der Waals surface area contributed by atoms with Crippen molar-refractivity contribution in [3.8, 4) is 0 Å². The molecule has 0 saturated carbocycles. The van der Waals surface area contributed by atoms with E-state index in [-0.39, 0.29) is 17.6 Å². The highest BCUT2D eigenvalue weighted by atomic mass is 16.8. The Labute approximate surface area is 151 Å². The predicted octanol–water partition coefficient (Wildman–Crippen LogP) is 4.33. The van der Waals surface area contributed by atoms with Crippen LogP contribution in [0.3, 0.4) is 0 Å². The summed E-state index contributed by atoms with van der Waals surface area (Å²) >= 11 is 0. The zero-order valence-corrected chi connectivity index (χ0v) is 16.0. The number of rotatable bonds is 5. The summed E-state index contributed by atoms with van der Waals surface area (Å²) in [6.45, 7) is 11.6. The van der Waals surface area contributed by atoms with E-state index in [1.54, 1.807) is 6.20 Å². The smallest absolute Gasteiger partial charge is 0.187 e. The first-order valence-corrected chi connectivity index (χ1v) is 9.18. The highest BCUT2D eigenvalue weighted by molar-refractivity contribution is 5.27. The molecule has 0 bridgehead atoms. The monoisotopic (exact) mass is 342 g/mol. The zero-order chi connectivity index (χ0) is 18.1. The number of hydrogen-bond acceptors (Lipinski definition) is 3. The summed E-state index contributed by atoms with van der Waals surface area (Å²) < 4.78 is 14.6. The third-order valence-electron chi connectivity index (χ3n) is 5.06. The molecule has 136 valence electrons. The first-order valence-electron chi connectivity index (χ1n) is 9.18. The van der Waals surface area contributed by atoms with E-state index in [2.05, 4.69) is 63.9 Å². The third-order valence-corrected chi connectivity index (χ3v) is 5.06. The van der Waals surface area contributed by atoms with Crippen molar-refractivity contribution < 1.29 is 9.47 Å². The number of hydrogen-bond donors (Lipinski definition) is 0. The molecule has 0 aliphatic carbocycles. The first-order chi connectivity index (χ1) is 11.8. The van der Waals surface area contributed by atoms with E-state index in [0.29, 0.717) is 6.54 Å². The summed E-state index contributed by atoms with van der Waals surface area (Å²) in [5.41, 5.74) is 2.86. The molecule has 0 amide bonds. The lowest BCUT2D eigenvalue weighted by molar-refractivity contribution is -0.186. The second-order valence-electron chi connectivity index (χ2n) is 8.24. The SMILES string of the molecule is CC1OC(CCc2ccc(C(C)(C)C)cc2)(Cn2ccnc2)OC1C. The van der Waals surface area contributed by atoms with Gasteiger partial charge in [-0.2, -0.15) is 0 Å². The average Bonchev–Trinajstić information content (AvgIpc) is 3.14. The molecule has 3 rings (SSSR count). The Kier molecular flexibility index (Phi) is 5.03. The fourth-order valence-corrected chi connectivity index (χ4v) is 3.33. The van der Waals surface area contributed by atoms with Gasteiger partial charge in [0.1, 0.15) is 0 Å². The average molecular weight is 342 g/mol. The summed E-state index contributed by atoms with van der Waals surface area (Å²) in [7, 11) is 0. The molecular weight excluding hydrogens is 312 g/mol. The van der Waals surface area contributed by atoms with E-state index in [1.165, 1.54) is 11.1 Å². The van der Waals surface area contributed by atoms with Gasteiger partial charge in [-0.1, -0.05) is 45.0 Å². The van der Waals surface area contributed by atoms with Crippen molar-refractivity contribution in [1.82, 2.24) is 9.55 Å². The van der Waals surface area contributed by atoms with Crippen LogP contribution in [-0.2, 0) is 27.9 Å². The number of nitrogens with zero attached hydrogens (tertiary/aromatic N) is 2. The van der Waals surface area contributed by atoms with Gasteiger partial charge in [0.2, 0.25) is 0 Å². The van der Waals surface area contributed by atoms with Gasteiger partial charge in [-0.25, -0.2) is 4.98 Å². The Balaban J connectivity index is 1.71. The van der Waals surface area contributed by atoms with Crippen LogP contribution in [0.4, 0.5) is 0 Å². The summed E-state index contributed by atoms with van der Waals surface area (Å²) in [5, 5.41) is 0. The maximum absolute atomic E-state index is 6.26. The van der Waals surface area contributed by atoms with Crippen molar-refractivity contribution in [2.75, 3.05) is 0 Å². The van der Waals surface area contributed by atoms with Crippen LogP contribution in [0.15, 0.2) is 43.0 Å². The van der Waals surface area contributed by atoms with Gasteiger partial charge in [-0.05, 0) is 36.8 Å². The summed E-state index contributed by atoms with van der Waals surface area (Å²) in [4.78, 5) is 4.14. The van der Waals surface area contributed by atoms with Gasteiger partial charge in [0, 0.05) is 18.8 Å². The van der Waals surface area contributed by atoms with Gasteiger partial charge in [0.05, 0.1) is 25.1 Å². The van der Waals surface area contributed by atoms with Crippen LogP contribution in [0.5, 0.6) is 0 Å². The fourth-order valence-electron chi connectivity index (χ4n) is 3.33. The van der Waals surface area contributed by atoms with Gasteiger partial charge >= 0.3 is 0 Å². The number of ether oxygens (including phenoxy) is 2. The van der Waals surface area contributed by atoms with Crippen LogP contribution in [0.1, 0.15) is 52.2 Å². The molecule has 4 nitrogen and oxygen atoms in total. The Morgan fingerprint density at radius 1 is 1.08 bits per heavy atom. The third kappa shape index (κ3) is 4.31. The fraction of sp³-hybridized carbons (Fsp3) is 0.571. The van der Waals surface area contributed by atoms with Gasteiger partial charge in [-0.15, -0.1) is 0 Å². The molecule has 0 spiro atoms. The first kappa shape index (κ1) is 18.2. The molecule has 4 heteroatoms. The molecule has 1 aromatic heterocycles. The van der Waals surface area contributed by atoms with E-state index in [0.717, 1.165) is 12.8 Å². The molecule has 0 radical (unpaired) electrons. The van der Waals surface area contributed by atoms with E-state index in [1.807, 2.05) is 17.1 Å². The molecule has 2 atom stereocenters. The Hall–Kier alpha value is -1.65. The molecule has 1 aromatic carbocycles. The second-order valence-corrected chi connectivity index (χ2v) is 8.24. The van der Waals surface area contributed by atoms with Crippen molar-refractivity contribution in [2.45, 2.75) is 77.4 Å². The van der Waals surface area contributed by atoms with Gasteiger partial charge in [0.25, 0.3) is 0 Å². The van der Waals surface area contributed by atoms with Crippen LogP contribution < -0.4 is 0 Å². The van der Waals surface area contributed by atoms with Crippen molar-refractivity contribution in [1.29, 1.82) is 0 Å².